The fourth-order valence-corrected chi connectivity index (χ4v) is 9.10. The van der Waals surface area contributed by atoms with Crippen molar-refractivity contribution in [2.45, 2.75) is 63.5 Å². The van der Waals surface area contributed by atoms with Crippen LogP contribution in [0.5, 0.6) is 28.7 Å². The molecular formula is C36H48N2O13S2. The normalized spacial score (nSPS) is 27.5. The molecule has 6 unspecified atom stereocenters. The number of methoxy groups -OCH3 is 2. The van der Waals surface area contributed by atoms with Crippen molar-refractivity contribution in [1.29, 1.82) is 0 Å². The maximum absolute atomic E-state index is 13.7. The van der Waals surface area contributed by atoms with Crippen LogP contribution in [0.25, 0.3) is 0 Å². The summed E-state index contributed by atoms with van der Waals surface area (Å²) >= 11 is 0. The van der Waals surface area contributed by atoms with E-state index in [4.69, 9.17) is 48.4 Å². The first-order chi connectivity index (χ1) is 25.6. The van der Waals surface area contributed by atoms with Gasteiger partial charge in [-0.15, -0.1) is 0 Å². The van der Waals surface area contributed by atoms with Gasteiger partial charge in [0.25, 0.3) is 0 Å². The van der Waals surface area contributed by atoms with Crippen molar-refractivity contribution in [3.63, 3.8) is 0 Å². The summed E-state index contributed by atoms with van der Waals surface area (Å²) < 4.78 is 52.3. The van der Waals surface area contributed by atoms with Crippen LogP contribution < -0.4 is 34.7 Å². The Morgan fingerprint density at radius 1 is 1.00 bits per heavy atom. The molecule has 2 saturated heterocycles. The molecule has 3 aliphatic heterocycles. The summed E-state index contributed by atoms with van der Waals surface area (Å²) in [4.78, 5) is 26.5. The third kappa shape index (κ3) is 8.42. The van der Waals surface area contributed by atoms with Gasteiger partial charge in [0.1, 0.15) is 12.2 Å². The fourth-order valence-electron chi connectivity index (χ4n) is 7.33. The van der Waals surface area contributed by atoms with E-state index < -0.39 is 66.6 Å². The number of carbonyl (C=O) groups is 2. The van der Waals surface area contributed by atoms with E-state index in [0.717, 1.165) is 5.75 Å². The standard InChI is InChI=1S/C36H48N2O13S2/c1-17-14-45-19(3)50-32(17)31(40)30(39)18(2)49-33-22-13-25-24(47-16-48-25)12-21(22)28(29-23(33)15-46-35(29)41)20-10-26(43-4)34(27(11-20)44-5)51-36(42)38-7-9-53-52-8-6-37/h10-13,17-19,23,28-33,39-40H,6-9,14-16,37H2,1-5H3,(H,38,42)/t17?,18?,19?,23-,28+,29-,30?,31?,32?,33+/m0/s1. The van der Waals surface area contributed by atoms with Crippen LogP contribution in [0.15, 0.2) is 24.3 Å². The molecule has 2 aromatic carbocycles. The van der Waals surface area contributed by atoms with Crippen LogP contribution >= 0.6 is 21.6 Å². The zero-order chi connectivity index (χ0) is 37.8. The van der Waals surface area contributed by atoms with E-state index >= 15 is 0 Å². The lowest BCUT2D eigenvalue weighted by Crippen LogP contribution is -2.52. The molecule has 0 aromatic heterocycles. The zero-order valence-electron chi connectivity index (χ0n) is 30.3. The number of hydrogen-bond acceptors (Lipinski definition) is 16. The van der Waals surface area contributed by atoms with Gasteiger partial charge >= 0.3 is 12.1 Å². The molecular weight excluding hydrogens is 733 g/mol. The lowest BCUT2D eigenvalue weighted by molar-refractivity contribution is -0.262. The van der Waals surface area contributed by atoms with Crippen LogP contribution in [0.2, 0.25) is 0 Å². The van der Waals surface area contributed by atoms with Crippen molar-refractivity contribution in [2.24, 2.45) is 23.5 Å². The number of rotatable bonds is 15. The van der Waals surface area contributed by atoms with Crippen LogP contribution in [0.4, 0.5) is 4.79 Å². The third-order valence-corrected chi connectivity index (χ3v) is 12.4. The number of nitrogens with one attached hydrogen (secondary N) is 1. The van der Waals surface area contributed by atoms with Gasteiger partial charge in [0.05, 0.1) is 51.7 Å². The molecule has 0 spiro atoms. The van der Waals surface area contributed by atoms with Gasteiger partial charge in [-0.3, -0.25) is 4.79 Å². The van der Waals surface area contributed by atoms with Crippen LogP contribution in [0, 0.1) is 17.8 Å². The Morgan fingerprint density at radius 2 is 1.68 bits per heavy atom. The Bertz CT molecular complexity index is 1590. The van der Waals surface area contributed by atoms with Crippen LogP contribution in [0.1, 0.15) is 49.5 Å². The molecule has 53 heavy (non-hydrogen) atoms. The smallest absolute Gasteiger partial charge is 0.412 e. The maximum Gasteiger partial charge on any atom is 0.412 e. The monoisotopic (exact) mass is 780 g/mol. The number of hydrogen-bond donors (Lipinski definition) is 4. The van der Waals surface area contributed by atoms with Gasteiger partial charge in [-0.1, -0.05) is 28.5 Å². The molecule has 17 heteroatoms. The highest BCUT2D eigenvalue weighted by Crippen LogP contribution is 2.57. The number of benzene rings is 2. The second-order valence-corrected chi connectivity index (χ2v) is 16.1. The van der Waals surface area contributed by atoms with Gasteiger partial charge in [0, 0.05) is 42.3 Å². The van der Waals surface area contributed by atoms with Crippen molar-refractivity contribution >= 4 is 33.7 Å². The molecule has 6 rings (SSSR count). The first-order valence-electron chi connectivity index (χ1n) is 17.6. The Morgan fingerprint density at radius 3 is 2.36 bits per heavy atom. The highest BCUT2D eigenvalue weighted by Gasteiger charge is 2.54. The minimum atomic E-state index is -1.33. The molecule has 2 fully saturated rings. The molecule has 0 bridgehead atoms. The molecule has 1 aliphatic carbocycles. The van der Waals surface area contributed by atoms with Gasteiger partial charge in [-0.2, -0.15) is 0 Å². The zero-order valence-corrected chi connectivity index (χ0v) is 31.9. The minimum absolute atomic E-state index is 0.0211. The van der Waals surface area contributed by atoms with Gasteiger partial charge in [0.2, 0.25) is 12.5 Å². The van der Waals surface area contributed by atoms with Gasteiger partial charge < -0.3 is 63.9 Å². The van der Waals surface area contributed by atoms with E-state index in [1.807, 2.05) is 19.1 Å². The molecule has 10 atom stereocenters. The number of aliphatic hydroxyl groups excluding tert-OH is 2. The quantitative estimate of drug-likeness (QED) is 0.117. The minimum Gasteiger partial charge on any atom is -0.493 e. The lowest BCUT2D eigenvalue weighted by atomic mass is 9.66. The van der Waals surface area contributed by atoms with Crippen molar-refractivity contribution in [1.82, 2.24) is 5.32 Å². The van der Waals surface area contributed by atoms with E-state index in [0.29, 0.717) is 53.6 Å². The van der Waals surface area contributed by atoms with Crippen LogP contribution in [0.3, 0.4) is 0 Å². The van der Waals surface area contributed by atoms with E-state index in [-0.39, 0.29) is 36.6 Å². The number of nitrogens with two attached hydrogens (primary N) is 1. The first kappa shape index (κ1) is 39.5. The van der Waals surface area contributed by atoms with Crippen molar-refractivity contribution in [2.75, 3.05) is 58.8 Å². The van der Waals surface area contributed by atoms with Crippen molar-refractivity contribution < 1.29 is 62.4 Å². The van der Waals surface area contributed by atoms with Crippen LogP contribution in [-0.4, -0.2) is 112 Å². The van der Waals surface area contributed by atoms with Gasteiger partial charge in [-0.25, -0.2) is 4.79 Å². The summed E-state index contributed by atoms with van der Waals surface area (Å²) in [5, 5.41) is 25.4. The number of aliphatic hydroxyl groups is 2. The predicted molar refractivity (Wildman–Crippen MR) is 195 cm³/mol. The summed E-state index contributed by atoms with van der Waals surface area (Å²) in [7, 11) is 6.13. The fraction of sp³-hybridized carbons (Fsp3) is 0.611. The number of esters is 1. The Labute approximate surface area is 316 Å². The molecule has 0 saturated carbocycles. The van der Waals surface area contributed by atoms with E-state index in [1.165, 1.54) is 14.2 Å². The van der Waals surface area contributed by atoms with Crippen molar-refractivity contribution in [3.05, 3.63) is 41.0 Å². The van der Waals surface area contributed by atoms with E-state index in [2.05, 4.69) is 5.32 Å². The SMILES string of the molecule is COc1cc([C@@H]2c3cc4c(cc3[C@@H](OC(C)C(O)C(O)C3OC(C)OCC3C)[C@H]3COC(=O)[C@H]23)OCO4)cc(OC)c1OC(=O)NCCSSCCN. The number of carbonyl (C=O) groups excluding carboxylic acids is 2. The molecule has 4 aliphatic rings. The number of fused-ring (bicyclic) bond motifs is 3. The Hall–Kier alpha value is -3.16. The Balaban J connectivity index is 1.31. The lowest BCUT2D eigenvalue weighted by Gasteiger charge is -2.42. The van der Waals surface area contributed by atoms with Gasteiger partial charge in [-0.05, 0) is 54.8 Å². The largest absolute Gasteiger partial charge is 0.493 e. The number of ether oxygens (including phenoxy) is 9. The first-order valence-corrected chi connectivity index (χ1v) is 20.1. The maximum atomic E-state index is 13.7. The van der Waals surface area contributed by atoms with Crippen LogP contribution in [-0.2, 0) is 23.7 Å². The Kier molecular flexibility index (Phi) is 13.1. The number of cyclic esters (lactones) is 1. The third-order valence-electron chi connectivity index (χ3n) is 9.93. The molecule has 3 heterocycles. The molecule has 1 amide bonds. The summed E-state index contributed by atoms with van der Waals surface area (Å²) in [6.07, 6.45) is -6.10. The molecule has 2 aromatic rings. The van der Waals surface area contributed by atoms with Gasteiger partial charge in [0.15, 0.2) is 29.3 Å². The molecule has 5 N–H and O–H groups in total. The second-order valence-electron chi connectivity index (χ2n) is 13.4. The molecule has 0 radical (unpaired) electrons. The average Bonchev–Trinajstić information content (AvgIpc) is 3.78. The van der Waals surface area contributed by atoms with E-state index in [1.54, 1.807) is 47.6 Å². The summed E-state index contributed by atoms with van der Waals surface area (Å²) in [6, 6.07) is 7.09. The second kappa shape index (κ2) is 17.5. The predicted octanol–water partition coefficient (Wildman–Crippen LogP) is 3.36. The molecule has 292 valence electrons. The number of amides is 1. The summed E-state index contributed by atoms with van der Waals surface area (Å²) in [6.45, 7) is 6.71. The summed E-state index contributed by atoms with van der Waals surface area (Å²) in [5.41, 5.74) is 7.57. The highest BCUT2D eigenvalue weighted by molar-refractivity contribution is 8.76. The van der Waals surface area contributed by atoms with Crippen molar-refractivity contribution in [3.8, 4) is 28.7 Å². The summed E-state index contributed by atoms with van der Waals surface area (Å²) in [5.74, 6) is 0.570. The van der Waals surface area contributed by atoms with E-state index in [9.17, 15) is 19.8 Å². The average molecular weight is 781 g/mol. The highest BCUT2D eigenvalue weighted by atomic mass is 33.1. The topological polar surface area (TPSA) is 196 Å². The molecule has 15 nitrogen and oxygen atoms in total.